The summed E-state index contributed by atoms with van der Waals surface area (Å²) in [7, 11) is 0. The minimum absolute atomic E-state index is 0.0399. The van der Waals surface area contributed by atoms with Gasteiger partial charge in [0.15, 0.2) is 0 Å². The van der Waals surface area contributed by atoms with E-state index in [1.165, 1.54) is 0 Å². The molecule has 22 heavy (non-hydrogen) atoms. The van der Waals surface area contributed by atoms with Gasteiger partial charge in [-0.25, -0.2) is 0 Å². The molecule has 1 heterocycles. The second-order valence-corrected chi connectivity index (χ2v) is 4.73. The van der Waals surface area contributed by atoms with Gasteiger partial charge in [0.1, 0.15) is 12.2 Å². The molecule has 1 fully saturated rings. The summed E-state index contributed by atoms with van der Waals surface area (Å²) in [6, 6.07) is 0. The Morgan fingerprint density at radius 3 is 0.909 bits per heavy atom. The first kappa shape index (κ1) is 19.7. The molecule has 0 saturated carbocycles. The number of hydrogen-bond acceptors (Lipinski definition) is 8. The van der Waals surface area contributed by atoms with Crippen molar-refractivity contribution in [2.24, 2.45) is 0 Å². The van der Waals surface area contributed by atoms with Crippen molar-refractivity contribution in [1.82, 2.24) is 0 Å². The lowest BCUT2D eigenvalue weighted by Gasteiger charge is -2.18. The van der Waals surface area contributed by atoms with Gasteiger partial charge in [-0.2, -0.15) is 0 Å². The second kappa shape index (κ2) is 14.3. The Bertz CT molecular complexity index is 217. The molecule has 0 amide bonds. The van der Waals surface area contributed by atoms with Crippen molar-refractivity contribution in [3.8, 4) is 0 Å². The maximum absolute atomic E-state index is 9.68. The Kier molecular flexibility index (Phi) is 12.8. The predicted octanol–water partition coefficient (Wildman–Crippen LogP) is -1.18. The fourth-order valence-corrected chi connectivity index (χ4v) is 1.63. The number of rotatable bonds is 0. The maximum Gasteiger partial charge on any atom is 0.105 e. The summed E-state index contributed by atoms with van der Waals surface area (Å²) in [4.78, 5) is 0. The molecule has 0 aliphatic carbocycles. The fourth-order valence-electron chi connectivity index (χ4n) is 1.63. The molecule has 8 heteroatoms. The first-order valence-corrected chi connectivity index (χ1v) is 7.63. The third-order valence-electron chi connectivity index (χ3n) is 2.88. The van der Waals surface area contributed by atoms with Crippen molar-refractivity contribution in [1.29, 1.82) is 0 Å². The van der Waals surface area contributed by atoms with Crippen LogP contribution in [0.3, 0.4) is 0 Å². The summed E-state index contributed by atoms with van der Waals surface area (Å²) in [6.07, 6.45) is -1.97. The van der Waals surface area contributed by atoms with Crippen LogP contribution in [0.2, 0.25) is 0 Å². The molecule has 0 aromatic rings. The Morgan fingerprint density at radius 1 is 0.409 bits per heavy atom. The summed E-state index contributed by atoms with van der Waals surface area (Å²) in [5.41, 5.74) is 0. The molecule has 132 valence electrons. The SMILES string of the molecule is O[C@H]1COCCOCCOCCOCCOCCOC[C@@H]1O. The molecule has 8 nitrogen and oxygen atoms in total. The summed E-state index contributed by atoms with van der Waals surface area (Å²) in [5, 5.41) is 19.4. The van der Waals surface area contributed by atoms with E-state index in [1.54, 1.807) is 0 Å². The molecule has 0 unspecified atom stereocenters. The van der Waals surface area contributed by atoms with E-state index in [0.29, 0.717) is 66.1 Å². The smallest absolute Gasteiger partial charge is 0.105 e. The van der Waals surface area contributed by atoms with Gasteiger partial charge < -0.3 is 38.6 Å². The van der Waals surface area contributed by atoms with Gasteiger partial charge in [0, 0.05) is 0 Å². The van der Waals surface area contributed by atoms with Crippen molar-refractivity contribution < 1.29 is 38.6 Å². The van der Waals surface area contributed by atoms with E-state index in [1.807, 2.05) is 0 Å². The standard InChI is InChI=1S/C14H28O8/c15-13-11-21-9-7-19-5-3-17-1-2-18-4-6-20-8-10-22-12-14(13)16/h13-16H,1-12H2/t13-,14-/m0/s1. The lowest BCUT2D eigenvalue weighted by Crippen LogP contribution is -2.35. The van der Waals surface area contributed by atoms with Gasteiger partial charge in [0.05, 0.1) is 79.3 Å². The van der Waals surface area contributed by atoms with E-state index < -0.39 is 12.2 Å². The van der Waals surface area contributed by atoms with Crippen LogP contribution in [0.15, 0.2) is 0 Å². The van der Waals surface area contributed by atoms with Crippen molar-refractivity contribution in [3.63, 3.8) is 0 Å². The number of aliphatic hydroxyl groups is 2. The highest BCUT2D eigenvalue weighted by atomic mass is 16.6. The van der Waals surface area contributed by atoms with Gasteiger partial charge in [0.25, 0.3) is 0 Å². The fraction of sp³-hybridized carbons (Fsp3) is 1.00. The largest absolute Gasteiger partial charge is 0.388 e. The molecular weight excluding hydrogens is 296 g/mol. The van der Waals surface area contributed by atoms with Crippen molar-refractivity contribution in [2.45, 2.75) is 12.2 Å². The summed E-state index contributed by atoms with van der Waals surface area (Å²) in [6.45, 7) is 4.60. The van der Waals surface area contributed by atoms with Crippen molar-refractivity contribution >= 4 is 0 Å². The molecule has 0 aromatic heterocycles. The van der Waals surface area contributed by atoms with Gasteiger partial charge in [-0.1, -0.05) is 0 Å². The van der Waals surface area contributed by atoms with Crippen LogP contribution in [0, 0.1) is 0 Å². The van der Waals surface area contributed by atoms with E-state index in [9.17, 15) is 10.2 Å². The van der Waals surface area contributed by atoms with Crippen LogP contribution in [0.1, 0.15) is 0 Å². The Hall–Kier alpha value is -0.320. The van der Waals surface area contributed by atoms with E-state index in [0.717, 1.165) is 0 Å². The number of ether oxygens (including phenoxy) is 6. The van der Waals surface area contributed by atoms with Crippen molar-refractivity contribution in [3.05, 3.63) is 0 Å². The molecule has 1 saturated heterocycles. The zero-order valence-corrected chi connectivity index (χ0v) is 13.0. The van der Waals surface area contributed by atoms with Gasteiger partial charge >= 0.3 is 0 Å². The van der Waals surface area contributed by atoms with Crippen LogP contribution in [0.5, 0.6) is 0 Å². The topological polar surface area (TPSA) is 95.8 Å². The Labute approximate surface area is 131 Å². The second-order valence-electron chi connectivity index (χ2n) is 4.73. The van der Waals surface area contributed by atoms with Crippen molar-refractivity contribution in [2.75, 3.05) is 79.3 Å². The molecule has 0 aromatic carbocycles. The van der Waals surface area contributed by atoms with E-state index in [4.69, 9.17) is 28.4 Å². The van der Waals surface area contributed by atoms with Crippen LogP contribution in [0.4, 0.5) is 0 Å². The molecule has 2 N–H and O–H groups in total. The van der Waals surface area contributed by atoms with Crippen LogP contribution in [-0.4, -0.2) is 102 Å². The summed E-state index contributed by atoms with van der Waals surface area (Å²) < 4.78 is 31.7. The molecule has 0 spiro atoms. The molecule has 0 radical (unpaired) electrons. The molecule has 1 aliphatic heterocycles. The first-order valence-electron chi connectivity index (χ1n) is 7.63. The van der Waals surface area contributed by atoms with E-state index in [-0.39, 0.29) is 13.2 Å². The average molecular weight is 324 g/mol. The minimum atomic E-state index is -0.983. The quantitative estimate of drug-likeness (QED) is 0.575. The third-order valence-corrected chi connectivity index (χ3v) is 2.88. The first-order chi connectivity index (χ1) is 10.8. The average Bonchev–Trinajstić information content (AvgIpc) is 2.52. The Balaban J connectivity index is 2.16. The summed E-state index contributed by atoms with van der Waals surface area (Å²) >= 11 is 0. The number of hydrogen-bond donors (Lipinski definition) is 2. The molecule has 2 atom stereocenters. The molecule has 1 rings (SSSR count). The summed E-state index contributed by atoms with van der Waals surface area (Å²) in [5.74, 6) is 0. The molecule has 0 bridgehead atoms. The zero-order chi connectivity index (χ0) is 15.9. The molecular formula is C14H28O8. The van der Waals surface area contributed by atoms with Gasteiger partial charge in [-0.15, -0.1) is 0 Å². The van der Waals surface area contributed by atoms with Crippen LogP contribution in [0.25, 0.3) is 0 Å². The van der Waals surface area contributed by atoms with Gasteiger partial charge in [-0.05, 0) is 0 Å². The van der Waals surface area contributed by atoms with E-state index in [2.05, 4.69) is 0 Å². The lowest BCUT2D eigenvalue weighted by molar-refractivity contribution is -0.0840. The highest BCUT2D eigenvalue weighted by Crippen LogP contribution is 1.96. The monoisotopic (exact) mass is 324 g/mol. The van der Waals surface area contributed by atoms with E-state index >= 15 is 0 Å². The van der Waals surface area contributed by atoms with Gasteiger partial charge in [-0.3, -0.25) is 0 Å². The van der Waals surface area contributed by atoms with Crippen LogP contribution >= 0.6 is 0 Å². The minimum Gasteiger partial charge on any atom is -0.388 e. The van der Waals surface area contributed by atoms with Crippen LogP contribution < -0.4 is 0 Å². The normalized spacial score (nSPS) is 29.7. The van der Waals surface area contributed by atoms with Gasteiger partial charge in [0.2, 0.25) is 0 Å². The highest BCUT2D eigenvalue weighted by Gasteiger charge is 2.16. The third kappa shape index (κ3) is 11.3. The maximum atomic E-state index is 9.68. The Morgan fingerprint density at radius 2 is 0.636 bits per heavy atom. The number of aliphatic hydroxyl groups excluding tert-OH is 2. The van der Waals surface area contributed by atoms with Crippen LogP contribution in [-0.2, 0) is 28.4 Å². The molecule has 1 aliphatic rings. The zero-order valence-electron chi connectivity index (χ0n) is 13.0. The lowest BCUT2D eigenvalue weighted by atomic mass is 10.2. The predicted molar refractivity (Wildman–Crippen MR) is 76.9 cm³/mol. The highest BCUT2D eigenvalue weighted by molar-refractivity contribution is 4.65.